The van der Waals surface area contributed by atoms with Gasteiger partial charge < -0.3 is 9.90 Å². The monoisotopic (exact) mass is 339 g/mol. The van der Waals surface area contributed by atoms with Gasteiger partial charge in [-0.25, -0.2) is 4.68 Å². The fraction of sp³-hybridized carbons (Fsp3) is 0. The molecule has 1 heterocycles. The number of carbonyl (C=O) groups excluding carboxylic acids is 1. The van der Waals surface area contributed by atoms with E-state index < -0.39 is 5.97 Å². The van der Waals surface area contributed by atoms with E-state index in [-0.39, 0.29) is 5.56 Å². The number of nitrogens with zero attached hydrogens (tertiary/aromatic N) is 2. The summed E-state index contributed by atoms with van der Waals surface area (Å²) < 4.78 is 1.56. The Balaban J connectivity index is 1.75. The van der Waals surface area contributed by atoms with Crippen LogP contribution in [0.25, 0.3) is 28.1 Å². The van der Waals surface area contributed by atoms with E-state index in [2.05, 4.69) is 5.10 Å². The zero-order chi connectivity index (χ0) is 17.9. The van der Waals surface area contributed by atoms with Gasteiger partial charge in [-0.1, -0.05) is 72.8 Å². The molecule has 4 aromatic rings. The van der Waals surface area contributed by atoms with E-state index >= 15 is 0 Å². The van der Waals surface area contributed by atoms with E-state index in [9.17, 15) is 9.90 Å². The first-order valence-corrected chi connectivity index (χ1v) is 8.25. The highest BCUT2D eigenvalue weighted by atomic mass is 16.4. The summed E-state index contributed by atoms with van der Waals surface area (Å²) in [4.78, 5) is 11.6. The first-order chi connectivity index (χ1) is 12.7. The molecule has 0 bridgehead atoms. The second kappa shape index (κ2) is 6.69. The smallest absolute Gasteiger partial charge is 0.102 e. The minimum absolute atomic E-state index is 0.0707. The van der Waals surface area contributed by atoms with Crippen molar-refractivity contribution in [1.29, 1.82) is 0 Å². The highest BCUT2D eigenvalue weighted by molar-refractivity contribution is 5.93. The number of rotatable bonds is 4. The van der Waals surface area contributed by atoms with E-state index in [1.165, 1.54) is 6.20 Å². The molecular weight excluding hydrogens is 324 g/mol. The molecule has 3 aromatic carbocycles. The van der Waals surface area contributed by atoms with E-state index in [0.29, 0.717) is 5.69 Å². The zero-order valence-corrected chi connectivity index (χ0v) is 13.9. The van der Waals surface area contributed by atoms with Gasteiger partial charge in [-0.3, -0.25) is 0 Å². The summed E-state index contributed by atoms with van der Waals surface area (Å²) in [5, 5.41) is 16.0. The number of aromatic carboxylic acids is 1. The van der Waals surface area contributed by atoms with Gasteiger partial charge in [0.1, 0.15) is 5.69 Å². The third kappa shape index (κ3) is 3.00. The van der Waals surface area contributed by atoms with Gasteiger partial charge in [0, 0.05) is 17.3 Å². The van der Waals surface area contributed by atoms with Crippen molar-refractivity contribution in [2.24, 2.45) is 0 Å². The standard InChI is InChI=1S/C22H16N2O2/c25-22(26)20-15-24(19-9-5-2-6-10-19)23-21(20)18-13-11-17(12-14-18)16-7-3-1-4-8-16/h1-15H,(H,25,26)/p-1. The Morgan fingerprint density at radius 1 is 0.731 bits per heavy atom. The summed E-state index contributed by atoms with van der Waals surface area (Å²) in [7, 11) is 0. The molecular formula is C22H15N2O2-. The topological polar surface area (TPSA) is 57.9 Å². The Morgan fingerprint density at radius 3 is 1.88 bits per heavy atom. The molecule has 0 aliphatic rings. The molecule has 0 N–H and O–H groups in total. The van der Waals surface area contributed by atoms with Crippen molar-refractivity contribution in [2.75, 3.05) is 0 Å². The molecule has 4 rings (SSSR count). The van der Waals surface area contributed by atoms with Crippen molar-refractivity contribution in [1.82, 2.24) is 9.78 Å². The van der Waals surface area contributed by atoms with Crippen molar-refractivity contribution in [3.05, 3.63) is 96.7 Å². The molecule has 4 nitrogen and oxygen atoms in total. The van der Waals surface area contributed by atoms with Crippen LogP contribution < -0.4 is 5.11 Å². The predicted molar refractivity (Wildman–Crippen MR) is 98.8 cm³/mol. The molecule has 0 saturated carbocycles. The normalized spacial score (nSPS) is 10.6. The average molecular weight is 339 g/mol. The Morgan fingerprint density at radius 2 is 1.27 bits per heavy atom. The van der Waals surface area contributed by atoms with Gasteiger partial charge in [0.05, 0.1) is 11.7 Å². The lowest BCUT2D eigenvalue weighted by Crippen LogP contribution is -2.22. The van der Waals surface area contributed by atoms with Crippen molar-refractivity contribution in [3.63, 3.8) is 0 Å². The lowest BCUT2D eigenvalue weighted by Gasteiger charge is -2.05. The molecule has 0 fully saturated rings. The van der Waals surface area contributed by atoms with Crippen LogP contribution in [0.15, 0.2) is 91.1 Å². The molecule has 0 aliphatic carbocycles. The summed E-state index contributed by atoms with van der Waals surface area (Å²) in [6.45, 7) is 0. The summed E-state index contributed by atoms with van der Waals surface area (Å²) in [5.41, 5.74) is 4.16. The number of para-hydroxylation sites is 1. The Bertz CT molecular complexity index is 1040. The van der Waals surface area contributed by atoms with E-state index in [0.717, 1.165) is 22.4 Å². The van der Waals surface area contributed by atoms with Gasteiger partial charge in [0.15, 0.2) is 0 Å². The number of carbonyl (C=O) groups is 1. The lowest BCUT2D eigenvalue weighted by atomic mass is 10.0. The maximum atomic E-state index is 11.6. The maximum absolute atomic E-state index is 11.6. The highest BCUT2D eigenvalue weighted by Gasteiger charge is 2.13. The molecule has 4 heteroatoms. The van der Waals surface area contributed by atoms with Crippen LogP contribution in [0.3, 0.4) is 0 Å². The molecule has 0 spiro atoms. The van der Waals surface area contributed by atoms with Crippen LogP contribution in [0.5, 0.6) is 0 Å². The summed E-state index contributed by atoms with van der Waals surface area (Å²) >= 11 is 0. The molecule has 0 atom stereocenters. The molecule has 0 saturated heterocycles. The first-order valence-electron chi connectivity index (χ1n) is 8.25. The number of aromatic nitrogens is 2. The van der Waals surface area contributed by atoms with Crippen LogP contribution in [-0.4, -0.2) is 15.7 Å². The van der Waals surface area contributed by atoms with Gasteiger partial charge in [0.25, 0.3) is 0 Å². The number of carboxylic acid groups (broad SMARTS) is 1. The highest BCUT2D eigenvalue weighted by Crippen LogP contribution is 2.27. The van der Waals surface area contributed by atoms with Crippen LogP contribution in [0, 0.1) is 0 Å². The number of carboxylic acids is 1. The zero-order valence-electron chi connectivity index (χ0n) is 13.9. The Hall–Kier alpha value is -3.66. The summed E-state index contributed by atoms with van der Waals surface area (Å²) in [6.07, 6.45) is 1.49. The molecule has 0 radical (unpaired) electrons. The van der Waals surface area contributed by atoms with E-state index in [4.69, 9.17) is 0 Å². The third-order valence-corrected chi connectivity index (χ3v) is 4.22. The second-order valence-electron chi connectivity index (χ2n) is 5.90. The summed E-state index contributed by atoms with van der Waals surface area (Å²) in [5.74, 6) is -1.24. The quantitative estimate of drug-likeness (QED) is 0.571. The van der Waals surface area contributed by atoms with Crippen molar-refractivity contribution in [3.8, 4) is 28.1 Å². The predicted octanol–water partition coefficient (Wildman–Crippen LogP) is 3.57. The van der Waals surface area contributed by atoms with Gasteiger partial charge in [-0.15, -0.1) is 0 Å². The Labute approximate surface area is 151 Å². The van der Waals surface area contributed by atoms with Crippen molar-refractivity contribution < 1.29 is 9.90 Å². The van der Waals surface area contributed by atoms with Gasteiger partial charge in [-0.2, -0.15) is 5.10 Å². The first kappa shape index (κ1) is 15.8. The van der Waals surface area contributed by atoms with Gasteiger partial charge in [-0.05, 0) is 23.3 Å². The van der Waals surface area contributed by atoms with Crippen LogP contribution in [0.4, 0.5) is 0 Å². The molecule has 126 valence electrons. The van der Waals surface area contributed by atoms with E-state index in [1.807, 2.05) is 84.9 Å². The number of benzene rings is 3. The second-order valence-corrected chi connectivity index (χ2v) is 5.90. The third-order valence-electron chi connectivity index (χ3n) is 4.22. The minimum atomic E-state index is -1.24. The number of hydrogen-bond donors (Lipinski definition) is 0. The van der Waals surface area contributed by atoms with Crippen molar-refractivity contribution >= 4 is 5.97 Å². The lowest BCUT2D eigenvalue weighted by molar-refractivity contribution is -0.254. The fourth-order valence-electron chi connectivity index (χ4n) is 2.90. The molecule has 26 heavy (non-hydrogen) atoms. The maximum Gasteiger partial charge on any atom is 0.102 e. The van der Waals surface area contributed by atoms with Gasteiger partial charge in [0.2, 0.25) is 0 Å². The van der Waals surface area contributed by atoms with E-state index in [1.54, 1.807) is 4.68 Å². The van der Waals surface area contributed by atoms with Crippen molar-refractivity contribution in [2.45, 2.75) is 0 Å². The van der Waals surface area contributed by atoms with Gasteiger partial charge >= 0.3 is 0 Å². The molecule has 1 aromatic heterocycles. The SMILES string of the molecule is O=C([O-])c1cn(-c2ccccc2)nc1-c1ccc(-c2ccccc2)cc1. The minimum Gasteiger partial charge on any atom is -0.545 e. The van der Waals surface area contributed by atoms with Crippen LogP contribution in [0.1, 0.15) is 10.4 Å². The average Bonchev–Trinajstić information content (AvgIpc) is 3.15. The molecule has 0 unspecified atom stereocenters. The fourth-order valence-corrected chi connectivity index (χ4v) is 2.90. The largest absolute Gasteiger partial charge is 0.545 e. The van der Waals surface area contributed by atoms with Crippen LogP contribution in [0.2, 0.25) is 0 Å². The Kier molecular flexibility index (Phi) is 4.07. The molecule has 0 aliphatic heterocycles. The van der Waals surface area contributed by atoms with Crippen LogP contribution >= 0.6 is 0 Å². The summed E-state index contributed by atoms with van der Waals surface area (Å²) in [6, 6.07) is 27.1. The van der Waals surface area contributed by atoms with Crippen LogP contribution in [-0.2, 0) is 0 Å². The molecule has 0 amide bonds. The number of hydrogen-bond acceptors (Lipinski definition) is 3.